The molecule has 0 aliphatic carbocycles. The van der Waals surface area contributed by atoms with Crippen LogP contribution in [0, 0.1) is 5.92 Å². The quantitative estimate of drug-likeness (QED) is 0.553. The summed E-state index contributed by atoms with van der Waals surface area (Å²) in [6.07, 6.45) is 3.43. The van der Waals surface area contributed by atoms with Crippen molar-refractivity contribution in [3.05, 3.63) is 0 Å². The molecular formula is C9H16ClNO2. The van der Waals surface area contributed by atoms with Gasteiger partial charge in [0, 0.05) is 0 Å². The lowest BCUT2D eigenvalue weighted by Gasteiger charge is -2.22. The third kappa shape index (κ3) is 4.48. The van der Waals surface area contributed by atoms with Crippen LogP contribution >= 0.6 is 11.6 Å². The molecule has 1 fully saturated rings. The van der Waals surface area contributed by atoms with Crippen molar-refractivity contribution < 1.29 is 9.53 Å². The SMILES string of the molecule is O=C(CCl)OCC[C@@H]1CCCNC1. The standard InChI is InChI=1S/C9H16ClNO2/c10-6-9(12)13-5-3-8-2-1-4-11-7-8/h8,11H,1-7H2/t8-/m0/s1. The molecule has 1 aliphatic heterocycles. The van der Waals surface area contributed by atoms with E-state index in [-0.39, 0.29) is 11.8 Å². The number of ether oxygens (including phenoxy) is 1. The first-order chi connectivity index (χ1) is 6.33. The number of esters is 1. The van der Waals surface area contributed by atoms with Gasteiger partial charge in [-0.2, -0.15) is 0 Å². The van der Waals surface area contributed by atoms with Crippen LogP contribution in [-0.4, -0.2) is 31.5 Å². The van der Waals surface area contributed by atoms with Crippen LogP contribution in [0.4, 0.5) is 0 Å². The van der Waals surface area contributed by atoms with Gasteiger partial charge < -0.3 is 10.1 Å². The van der Waals surface area contributed by atoms with Gasteiger partial charge in [-0.3, -0.25) is 4.79 Å². The molecule has 0 spiro atoms. The molecule has 1 aliphatic rings. The maximum absolute atomic E-state index is 10.7. The van der Waals surface area contributed by atoms with Crippen molar-refractivity contribution >= 4 is 17.6 Å². The summed E-state index contributed by atoms with van der Waals surface area (Å²) in [4.78, 5) is 10.7. The summed E-state index contributed by atoms with van der Waals surface area (Å²) in [6.45, 7) is 2.69. The summed E-state index contributed by atoms with van der Waals surface area (Å²) in [5.41, 5.74) is 0. The molecular weight excluding hydrogens is 190 g/mol. The van der Waals surface area contributed by atoms with Gasteiger partial charge in [0.15, 0.2) is 0 Å². The van der Waals surface area contributed by atoms with Crippen LogP contribution in [0.2, 0.25) is 0 Å². The molecule has 0 unspecified atom stereocenters. The number of carbonyl (C=O) groups excluding carboxylic acids is 1. The smallest absolute Gasteiger partial charge is 0.320 e. The Morgan fingerprint density at radius 1 is 1.62 bits per heavy atom. The summed E-state index contributed by atoms with van der Waals surface area (Å²) in [6, 6.07) is 0. The molecule has 3 nitrogen and oxygen atoms in total. The zero-order valence-electron chi connectivity index (χ0n) is 7.72. The number of hydrogen-bond donors (Lipinski definition) is 1. The van der Waals surface area contributed by atoms with Crippen molar-refractivity contribution in [1.82, 2.24) is 5.32 Å². The van der Waals surface area contributed by atoms with Crippen LogP contribution in [0.25, 0.3) is 0 Å². The molecule has 1 saturated heterocycles. The Kier molecular flexibility index (Phi) is 5.16. The van der Waals surface area contributed by atoms with E-state index in [1.54, 1.807) is 0 Å². The average Bonchev–Trinajstić information content (AvgIpc) is 2.19. The highest BCUT2D eigenvalue weighted by Gasteiger charge is 2.12. The van der Waals surface area contributed by atoms with Crippen molar-refractivity contribution in [2.75, 3.05) is 25.6 Å². The molecule has 1 atom stereocenters. The molecule has 0 aromatic rings. The average molecular weight is 206 g/mol. The Morgan fingerprint density at radius 2 is 2.46 bits per heavy atom. The van der Waals surface area contributed by atoms with E-state index >= 15 is 0 Å². The topological polar surface area (TPSA) is 38.3 Å². The summed E-state index contributed by atoms with van der Waals surface area (Å²) >= 11 is 5.29. The molecule has 1 rings (SSSR count). The van der Waals surface area contributed by atoms with Gasteiger partial charge in [-0.25, -0.2) is 0 Å². The maximum Gasteiger partial charge on any atom is 0.320 e. The molecule has 76 valence electrons. The van der Waals surface area contributed by atoms with Crippen molar-refractivity contribution in [1.29, 1.82) is 0 Å². The van der Waals surface area contributed by atoms with Gasteiger partial charge in [0.1, 0.15) is 5.88 Å². The Hall–Kier alpha value is -0.280. The second-order valence-electron chi connectivity index (χ2n) is 3.36. The zero-order valence-corrected chi connectivity index (χ0v) is 8.48. The number of carbonyl (C=O) groups is 1. The van der Waals surface area contributed by atoms with E-state index in [0.717, 1.165) is 19.5 Å². The summed E-state index contributed by atoms with van der Waals surface area (Å²) in [5.74, 6) is 0.311. The fraction of sp³-hybridized carbons (Fsp3) is 0.889. The number of nitrogens with one attached hydrogen (secondary N) is 1. The molecule has 0 radical (unpaired) electrons. The number of alkyl halides is 1. The number of piperidine rings is 1. The molecule has 1 heterocycles. The first-order valence-electron chi connectivity index (χ1n) is 4.75. The Balaban J connectivity index is 2.01. The highest BCUT2D eigenvalue weighted by atomic mass is 35.5. The van der Waals surface area contributed by atoms with E-state index in [9.17, 15) is 4.79 Å². The minimum absolute atomic E-state index is 0.0388. The molecule has 0 aromatic carbocycles. The van der Waals surface area contributed by atoms with E-state index in [2.05, 4.69) is 5.32 Å². The summed E-state index contributed by atoms with van der Waals surface area (Å²) in [5, 5.41) is 3.32. The lowest BCUT2D eigenvalue weighted by atomic mass is 9.97. The normalized spacial score (nSPS) is 22.7. The van der Waals surface area contributed by atoms with Gasteiger partial charge >= 0.3 is 5.97 Å². The van der Waals surface area contributed by atoms with Crippen LogP contribution in [0.15, 0.2) is 0 Å². The second-order valence-corrected chi connectivity index (χ2v) is 3.62. The minimum Gasteiger partial charge on any atom is -0.465 e. The first kappa shape index (κ1) is 10.8. The Bertz CT molecular complexity index is 158. The maximum atomic E-state index is 10.7. The largest absolute Gasteiger partial charge is 0.465 e. The fourth-order valence-electron chi connectivity index (χ4n) is 1.55. The molecule has 0 amide bonds. The molecule has 13 heavy (non-hydrogen) atoms. The first-order valence-corrected chi connectivity index (χ1v) is 5.28. The van der Waals surface area contributed by atoms with Crippen LogP contribution in [0.1, 0.15) is 19.3 Å². The highest BCUT2D eigenvalue weighted by Crippen LogP contribution is 2.13. The number of rotatable bonds is 4. The molecule has 0 bridgehead atoms. The summed E-state index contributed by atoms with van der Waals surface area (Å²) in [7, 11) is 0. The number of hydrogen-bond acceptors (Lipinski definition) is 3. The highest BCUT2D eigenvalue weighted by molar-refractivity contribution is 6.26. The zero-order chi connectivity index (χ0) is 9.52. The lowest BCUT2D eigenvalue weighted by molar-refractivity contribution is -0.140. The van der Waals surface area contributed by atoms with Crippen LogP contribution < -0.4 is 5.32 Å². The number of halogens is 1. The predicted molar refractivity (Wildman–Crippen MR) is 51.9 cm³/mol. The monoisotopic (exact) mass is 205 g/mol. The van der Waals surface area contributed by atoms with Gasteiger partial charge in [-0.15, -0.1) is 11.6 Å². The van der Waals surface area contributed by atoms with Gasteiger partial charge in [0.05, 0.1) is 6.61 Å². The van der Waals surface area contributed by atoms with Gasteiger partial charge in [0.2, 0.25) is 0 Å². The van der Waals surface area contributed by atoms with Crippen LogP contribution in [-0.2, 0) is 9.53 Å². The second kappa shape index (κ2) is 6.22. The predicted octanol–water partition coefficient (Wildman–Crippen LogP) is 1.16. The molecule has 0 aromatic heterocycles. The van der Waals surface area contributed by atoms with Gasteiger partial charge in [0.25, 0.3) is 0 Å². The molecule has 0 saturated carbocycles. The van der Waals surface area contributed by atoms with Crippen molar-refractivity contribution in [2.24, 2.45) is 5.92 Å². The van der Waals surface area contributed by atoms with E-state index in [1.807, 2.05) is 0 Å². The van der Waals surface area contributed by atoms with Crippen LogP contribution in [0.5, 0.6) is 0 Å². The minimum atomic E-state index is -0.314. The Labute approximate surface area is 83.8 Å². The van der Waals surface area contributed by atoms with E-state index in [1.165, 1.54) is 12.8 Å². The van der Waals surface area contributed by atoms with Gasteiger partial charge in [-0.05, 0) is 38.3 Å². The van der Waals surface area contributed by atoms with E-state index < -0.39 is 0 Å². The third-order valence-electron chi connectivity index (χ3n) is 2.30. The van der Waals surface area contributed by atoms with E-state index in [4.69, 9.17) is 16.3 Å². The van der Waals surface area contributed by atoms with Crippen molar-refractivity contribution in [2.45, 2.75) is 19.3 Å². The lowest BCUT2D eigenvalue weighted by Crippen LogP contribution is -2.30. The molecule has 4 heteroatoms. The van der Waals surface area contributed by atoms with Crippen molar-refractivity contribution in [3.8, 4) is 0 Å². The molecule has 1 N–H and O–H groups in total. The Morgan fingerprint density at radius 3 is 3.08 bits per heavy atom. The fourth-order valence-corrected chi connectivity index (χ4v) is 1.63. The van der Waals surface area contributed by atoms with Crippen molar-refractivity contribution in [3.63, 3.8) is 0 Å². The summed E-state index contributed by atoms with van der Waals surface area (Å²) < 4.78 is 4.90. The third-order valence-corrected chi connectivity index (χ3v) is 2.52. The van der Waals surface area contributed by atoms with Crippen LogP contribution in [0.3, 0.4) is 0 Å². The van der Waals surface area contributed by atoms with Gasteiger partial charge in [-0.1, -0.05) is 0 Å². The van der Waals surface area contributed by atoms with E-state index in [0.29, 0.717) is 12.5 Å².